The van der Waals surface area contributed by atoms with Gasteiger partial charge in [-0.1, -0.05) is 32.0 Å². The van der Waals surface area contributed by atoms with Crippen LogP contribution in [0.25, 0.3) is 0 Å². The summed E-state index contributed by atoms with van der Waals surface area (Å²) in [6, 6.07) is 7.68. The van der Waals surface area contributed by atoms with Crippen LogP contribution in [-0.4, -0.2) is 23.9 Å². The third-order valence-corrected chi connectivity index (χ3v) is 6.89. The predicted molar refractivity (Wildman–Crippen MR) is 124 cm³/mol. The second kappa shape index (κ2) is 10.1. The molecule has 1 heterocycles. The van der Waals surface area contributed by atoms with Gasteiger partial charge in [-0.15, -0.1) is 11.3 Å². The van der Waals surface area contributed by atoms with Gasteiger partial charge in [0.1, 0.15) is 5.00 Å². The minimum Gasteiger partial charge on any atom is -0.449 e. The molecule has 0 spiro atoms. The van der Waals surface area contributed by atoms with Crippen LogP contribution in [0.15, 0.2) is 24.3 Å². The molecule has 7 heteroatoms. The molecule has 0 bridgehead atoms. The molecule has 0 saturated heterocycles. The van der Waals surface area contributed by atoms with Crippen LogP contribution in [0.1, 0.15) is 79.2 Å². The monoisotopic (exact) mass is 442 g/mol. The molecule has 1 aromatic heterocycles. The zero-order valence-corrected chi connectivity index (χ0v) is 19.4. The third kappa shape index (κ3) is 5.34. The number of esters is 1. The second-order valence-electron chi connectivity index (χ2n) is 8.03. The van der Waals surface area contributed by atoms with E-state index in [0.717, 1.165) is 53.8 Å². The Morgan fingerprint density at radius 1 is 1.10 bits per heavy atom. The number of carbonyl (C=O) groups excluding carboxylic acids is 3. The van der Waals surface area contributed by atoms with Crippen LogP contribution in [0.4, 0.5) is 10.7 Å². The van der Waals surface area contributed by atoms with E-state index in [1.54, 1.807) is 6.92 Å². The summed E-state index contributed by atoms with van der Waals surface area (Å²) in [4.78, 5) is 38.5. The van der Waals surface area contributed by atoms with E-state index in [0.29, 0.717) is 16.5 Å². The molecule has 1 aliphatic rings. The number of hydrogen-bond donors (Lipinski definition) is 2. The van der Waals surface area contributed by atoms with Gasteiger partial charge in [-0.25, -0.2) is 4.79 Å². The van der Waals surface area contributed by atoms with Crippen LogP contribution in [-0.2, 0) is 27.2 Å². The molecule has 2 aromatic rings. The fourth-order valence-electron chi connectivity index (χ4n) is 3.80. The van der Waals surface area contributed by atoms with Crippen molar-refractivity contribution in [2.24, 2.45) is 0 Å². The molecule has 2 amide bonds. The average molecular weight is 443 g/mol. The maximum atomic E-state index is 13.0. The minimum atomic E-state index is -0.971. The third-order valence-electron chi connectivity index (χ3n) is 5.68. The number of benzene rings is 1. The summed E-state index contributed by atoms with van der Waals surface area (Å²) in [5.41, 5.74) is 3.13. The Morgan fingerprint density at radius 2 is 1.81 bits per heavy atom. The Morgan fingerprint density at radius 3 is 2.52 bits per heavy atom. The summed E-state index contributed by atoms with van der Waals surface area (Å²) in [5.74, 6) is -0.887. The molecule has 3 rings (SSSR count). The molecule has 166 valence electrons. The summed E-state index contributed by atoms with van der Waals surface area (Å²) in [6.45, 7) is 7.19. The van der Waals surface area contributed by atoms with Crippen LogP contribution >= 0.6 is 11.3 Å². The Balaban J connectivity index is 1.76. The lowest BCUT2D eigenvalue weighted by molar-refractivity contribution is -0.123. The molecule has 2 atom stereocenters. The Kier molecular flexibility index (Phi) is 7.49. The highest BCUT2D eigenvalue weighted by molar-refractivity contribution is 7.17. The van der Waals surface area contributed by atoms with Gasteiger partial charge in [-0.3, -0.25) is 9.59 Å². The first-order valence-electron chi connectivity index (χ1n) is 10.8. The number of aryl methyl sites for hydroxylation is 1. The topological polar surface area (TPSA) is 84.5 Å². The van der Waals surface area contributed by atoms with Gasteiger partial charge in [0.25, 0.3) is 5.91 Å². The SMILES string of the molecule is CCC(C)c1ccccc1NC(=O)C(C)OC(=O)c1c(NC(C)=O)sc2c1CCCC2. The van der Waals surface area contributed by atoms with Crippen LogP contribution in [0.3, 0.4) is 0 Å². The van der Waals surface area contributed by atoms with Gasteiger partial charge in [0.2, 0.25) is 5.91 Å². The first-order chi connectivity index (χ1) is 14.8. The van der Waals surface area contributed by atoms with Gasteiger partial charge in [-0.2, -0.15) is 0 Å². The second-order valence-corrected chi connectivity index (χ2v) is 9.13. The first-order valence-corrected chi connectivity index (χ1v) is 11.7. The van der Waals surface area contributed by atoms with Gasteiger partial charge in [0.05, 0.1) is 5.56 Å². The lowest BCUT2D eigenvalue weighted by atomic mass is 9.95. The van der Waals surface area contributed by atoms with Gasteiger partial charge in [-0.05, 0) is 62.1 Å². The molecule has 1 aromatic carbocycles. The number of para-hydroxylation sites is 1. The summed E-state index contributed by atoms with van der Waals surface area (Å²) in [6.07, 6.45) is 3.71. The first kappa shape index (κ1) is 23.0. The minimum absolute atomic E-state index is 0.236. The molecule has 2 N–H and O–H groups in total. The molecular weight excluding hydrogens is 412 g/mol. The van der Waals surface area contributed by atoms with Gasteiger partial charge in [0, 0.05) is 17.5 Å². The molecule has 0 radical (unpaired) electrons. The largest absolute Gasteiger partial charge is 0.449 e. The highest BCUT2D eigenvalue weighted by Crippen LogP contribution is 2.38. The molecule has 2 unspecified atom stereocenters. The molecule has 0 saturated carbocycles. The van der Waals surface area contributed by atoms with Crippen molar-refractivity contribution in [1.82, 2.24) is 0 Å². The van der Waals surface area contributed by atoms with E-state index in [1.807, 2.05) is 24.3 Å². The van der Waals surface area contributed by atoms with E-state index in [-0.39, 0.29) is 11.8 Å². The number of thiophene rings is 1. The van der Waals surface area contributed by atoms with E-state index < -0.39 is 12.1 Å². The average Bonchev–Trinajstić information content (AvgIpc) is 3.10. The van der Waals surface area contributed by atoms with Crippen LogP contribution in [0.5, 0.6) is 0 Å². The zero-order valence-electron chi connectivity index (χ0n) is 18.5. The van der Waals surface area contributed by atoms with E-state index in [1.165, 1.54) is 18.3 Å². The van der Waals surface area contributed by atoms with Crippen molar-refractivity contribution in [3.63, 3.8) is 0 Å². The zero-order chi connectivity index (χ0) is 22.5. The van der Waals surface area contributed by atoms with Gasteiger partial charge < -0.3 is 15.4 Å². The highest BCUT2D eigenvalue weighted by atomic mass is 32.1. The number of amides is 2. The molecule has 0 aliphatic heterocycles. The van der Waals surface area contributed by atoms with Crippen LogP contribution < -0.4 is 10.6 Å². The molecule has 0 fully saturated rings. The Labute approximate surface area is 187 Å². The van der Waals surface area contributed by atoms with Crippen molar-refractivity contribution < 1.29 is 19.1 Å². The van der Waals surface area contributed by atoms with Gasteiger partial charge >= 0.3 is 5.97 Å². The Bertz CT molecular complexity index is 982. The number of anilines is 2. The van der Waals surface area contributed by atoms with Crippen molar-refractivity contribution in [3.8, 4) is 0 Å². The normalized spacial score (nSPS) is 14.8. The smallest absolute Gasteiger partial charge is 0.342 e. The quantitative estimate of drug-likeness (QED) is 0.571. The molecule has 6 nitrogen and oxygen atoms in total. The van der Waals surface area contributed by atoms with Crippen molar-refractivity contribution in [2.75, 3.05) is 10.6 Å². The summed E-state index contributed by atoms with van der Waals surface area (Å²) in [7, 11) is 0. The van der Waals surface area contributed by atoms with E-state index in [9.17, 15) is 14.4 Å². The standard InChI is InChI=1S/C24H30N2O4S/c1-5-14(2)17-10-6-8-12-19(17)26-22(28)15(3)30-24(29)21-18-11-7-9-13-20(18)31-23(21)25-16(4)27/h6,8,10,12,14-15H,5,7,9,11,13H2,1-4H3,(H,25,27)(H,26,28). The number of carbonyl (C=O) groups is 3. The lowest BCUT2D eigenvalue weighted by Gasteiger charge is -2.19. The predicted octanol–water partition coefficient (Wildman–Crippen LogP) is 5.28. The molecule has 1 aliphatic carbocycles. The van der Waals surface area contributed by atoms with Crippen molar-refractivity contribution in [1.29, 1.82) is 0 Å². The maximum Gasteiger partial charge on any atom is 0.342 e. The number of rotatable bonds is 7. The van der Waals surface area contributed by atoms with E-state index >= 15 is 0 Å². The summed E-state index contributed by atoms with van der Waals surface area (Å²) < 4.78 is 5.55. The summed E-state index contributed by atoms with van der Waals surface area (Å²) in [5, 5.41) is 6.17. The number of nitrogens with one attached hydrogen (secondary N) is 2. The fraction of sp³-hybridized carbons (Fsp3) is 0.458. The summed E-state index contributed by atoms with van der Waals surface area (Å²) >= 11 is 1.43. The Hall–Kier alpha value is -2.67. The van der Waals surface area contributed by atoms with Gasteiger partial charge in [0.15, 0.2) is 6.10 Å². The van der Waals surface area contributed by atoms with Crippen LogP contribution in [0, 0.1) is 0 Å². The maximum absolute atomic E-state index is 13.0. The van der Waals surface area contributed by atoms with E-state index in [4.69, 9.17) is 4.74 Å². The number of ether oxygens (including phenoxy) is 1. The molecule has 31 heavy (non-hydrogen) atoms. The number of hydrogen-bond acceptors (Lipinski definition) is 5. The fourth-order valence-corrected chi connectivity index (χ4v) is 5.12. The lowest BCUT2D eigenvalue weighted by Crippen LogP contribution is -2.31. The van der Waals surface area contributed by atoms with Crippen molar-refractivity contribution in [3.05, 3.63) is 45.8 Å². The van der Waals surface area contributed by atoms with E-state index in [2.05, 4.69) is 24.5 Å². The number of fused-ring (bicyclic) bond motifs is 1. The van der Waals surface area contributed by atoms with Crippen molar-refractivity contribution in [2.45, 2.75) is 71.8 Å². The molecular formula is C24H30N2O4S. The van der Waals surface area contributed by atoms with Crippen LogP contribution in [0.2, 0.25) is 0 Å². The van der Waals surface area contributed by atoms with Crippen molar-refractivity contribution >= 4 is 39.8 Å². The highest BCUT2D eigenvalue weighted by Gasteiger charge is 2.29.